The fraction of sp³-hybridized carbons (Fsp3) is 0.529. The summed E-state index contributed by atoms with van der Waals surface area (Å²) < 4.78 is 5.77. The number of hydrogen-bond donors (Lipinski definition) is 1. The SMILES string of the molecule is CCCNC(C)c1ccc(OCC=C(C)C)c(C)c1. The normalized spacial score (nSPS) is 12.1. The molecule has 1 atom stereocenters. The van der Waals surface area contributed by atoms with Gasteiger partial charge in [-0.25, -0.2) is 0 Å². The van der Waals surface area contributed by atoms with Crippen LogP contribution in [-0.2, 0) is 0 Å². The molecule has 0 saturated heterocycles. The van der Waals surface area contributed by atoms with Crippen LogP contribution in [0.15, 0.2) is 29.8 Å². The highest BCUT2D eigenvalue weighted by atomic mass is 16.5. The van der Waals surface area contributed by atoms with Gasteiger partial charge in [-0.2, -0.15) is 0 Å². The predicted molar refractivity (Wildman–Crippen MR) is 82.8 cm³/mol. The van der Waals surface area contributed by atoms with Crippen molar-refractivity contribution in [2.45, 2.75) is 47.1 Å². The summed E-state index contributed by atoms with van der Waals surface area (Å²) in [6.45, 7) is 12.4. The monoisotopic (exact) mass is 261 g/mol. The predicted octanol–water partition coefficient (Wildman–Crippen LogP) is 4.40. The minimum Gasteiger partial charge on any atom is -0.489 e. The van der Waals surface area contributed by atoms with Crippen LogP contribution in [0.25, 0.3) is 0 Å². The summed E-state index contributed by atoms with van der Waals surface area (Å²) in [6.07, 6.45) is 3.26. The van der Waals surface area contributed by atoms with Crippen LogP contribution < -0.4 is 10.1 Å². The third-order valence-electron chi connectivity index (χ3n) is 3.13. The highest BCUT2D eigenvalue weighted by Crippen LogP contribution is 2.22. The van der Waals surface area contributed by atoms with Crippen molar-refractivity contribution in [3.8, 4) is 5.75 Å². The van der Waals surface area contributed by atoms with Gasteiger partial charge in [0.2, 0.25) is 0 Å². The first-order valence-electron chi connectivity index (χ1n) is 7.14. The van der Waals surface area contributed by atoms with Crippen molar-refractivity contribution < 1.29 is 4.74 Å². The van der Waals surface area contributed by atoms with Crippen LogP contribution in [0.4, 0.5) is 0 Å². The molecule has 1 rings (SSSR count). The van der Waals surface area contributed by atoms with E-state index in [2.05, 4.69) is 64.2 Å². The Morgan fingerprint density at radius 3 is 2.68 bits per heavy atom. The highest BCUT2D eigenvalue weighted by molar-refractivity contribution is 5.37. The minimum absolute atomic E-state index is 0.394. The number of allylic oxidation sites excluding steroid dienone is 1. The van der Waals surface area contributed by atoms with Crippen LogP contribution in [0.1, 0.15) is 51.3 Å². The number of aryl methyl sites for hydroxylation is 1. The van der Waals surface area contributed by atoms with E-state index in [0.717, 1.165) is 18.7 Å². The van der Waals surface area contributed by atoms with Gasteiger partial charge in [0.05, 0.1) is 0 Å². The van der Waals surface area contributed by atoms with Crippen LogP contribution >= 0.6 is 0 Å². The maximum atomic E-state index is 5.77. The van der Waals surface area contributed by atoms with Crippen LogP contribution in [-0.4, -0.2) is 13.2 Å². The zero-order chi connectivity index (χ0) is 14.3. The molecule has 0 aliphatic rings. The van der Waals surface area contributed by atoms with Crippen molar-refractivity contribution in [3.63, 3.8) is 0 Å². The third-order valence-corrected chi connectivity index (χ3v) is 3.13. The van der Waals surface area contributed by atoms with Crippen LogP contribution in [0.5, 0.6) is 5.75 Å². The molecular formula is C17H27NO. The molecular weight excluding hydrogens is 234 g/mol. The Bertz CT molecular complexity index is 419. The first-order valence-corrected chi connectivity index (χ1v) is 7.14. The van der Waals surface area contributed by atoms with Gasteiger partial charge in [0.15, 0.2) is 0 Å². The molecule has 2 nitrogen and oxygen atoms in total. The van der Waals surface area contributed by atoms with E-state index < -0.39 is 0 Å². The average molecular weight is 261 g/mol. The maximum Gasteiger partial charge on any atom is 0.122 e. The zero-order valence-corrected chi connectivity index (χ0v) is 12.9. The molecule has 0 fully saturated rings. The lowest BCUT2D eigenvalue weighted by Gasteiger charge is -2.16. The van der Waals surface area contributed by atoms with Gasteiger partial charge in [0.25, 0.3) is 0 Å². The molecule has 2 heteroatoms. The number of benzene rings is 1. The molecule has 0 aliphatic heterocycles. The molecule has 0 saturated carbocycles. The number of ether oxygens (including phenoxy) is 1. The van der Waals surface area contributed by atoms with Gasteiger partial charge in [0, 0.05) is 6.04 Å². The zero-order valence-electron chi connectivity index (χ0n) is 12.9. The lowest BCUT2D eigenvalue weighted by Crippen LogP contribution is -2.19. The largest absolute Gasteiger partial charge is 0.489 e. The molecule has 0 radical (unpaired) electrons. The molecule has 0 spiro atoms. The Labute approximate surface area is 117 Å². The molecule has 0 heterocycles. The van der Waals surface area contributed by atoms with Crippen molar-refractivity contribution in [1.29, 1.82) is 0 Å². The summed E-state index contributed by atoms with van der Waals surface area (Å²) in [7, 11) is 0. The van der Waals surface area contributed by atoms with E-state index in [9.17, 15) is 0 Å². The van der Waals surface area contributed by atoms with Gasteiger partial charge in [-0.1, -0.05) is 24.6 Å². The molecule has 1 N–H and O–H groups in total. The highest BCUT2D eigenvalue weighted by Gasteiger charge is 2.06. The van der Waals surface area contributed by atoms with Crippen molar-refractivity contribution in [2.75, 3.05) is 13.2 Å². The second-order valence-electron chi connectivity index (χ2n) is 5.29. The van der Waals surface area contributed by atoms with E-state index in [1.54, 1.807) is 0 Å². The summed E-state index contributed by atoms with van der Waals surface area (Å²) in [5.74, 6) is 0.976. The lowest BCUT2D eigenvalue weighted by molar-refractivity contribution is 0.359. The van der Waals surface area contributed by atoms with E-state index in [4.69, 9.17) is 4.74 Å². The standard InChI is InChI=1S/C17H27NO/c1-6-10-18-15(5)16-7-8-17(14(4)12-16)19-11-9-13(2)3/h7-9,12,15,18H,6,10-11H2,1-5H3. The van der Waals surface area contributed by atoms with Crippen LogP contribution in [0.3, 0.4) is 0 Å². The quantitative estimate of drug-likeness (QED) is 0.734. The lowest BCUT2D eigenvalue weighted by atomic mass is 10.0. The number of hydrogen-bond acceptors (Lipinski definition) is 2. The first kappa shape index (κ1) is 15.8. The fourth-order valence-corrected chi connectivity index (χ4v) is 1.88. The summed E-state index contributed by atoms with van der Waals surface area (Å²) in [5, 5.41) is 3.50. The van der Waals surface area contributed by atoms with E-state index in [1.807, 2.05) is 0 Å². The van der Waals surface area contributed by atoms with Crippen molar-refractivity contribution >= 4 is 0 Å². The topological polar surface area (TPSA) is 21.3 Å². The van der Waals surface area contributed by atoms with Crippen molar-refractivity contribution in [1.82, 2.24) is 5.32 Å². The Hall–Kier alpha value is -1.28. The third kappa shape index (κ3) is 5.48. The van der Waals surface area contributed by atoms with Gasteiger partial charge >= 0.3 is 0 Å². The van der Waals surface area contributed by atoms with Crippen LogP contribution in [0.2, 0.25) is 0 Å². The second-order valence-corrected chi connectivity index (χ2v) is 5.29. The minimum atomic E-state index is 0.394. The summed E-state index contributed by atoms with van der Waals surface area (Å²) >= 11 is 0. The maximum absolute atomic E-state index is 5.77. The Morgan fingerprint density at radius 1 is 1.37 bits per heavy atom. The molecule has 19 heavy (non-hydrogen) atoms. The van der Waals surface area contributed by atoms with E-state index in [0.29, 0.717) is 12.6 Å². The molecule has 1 unspecified atom stereocenters. The van der Waals surface area contributed by atoms with Gasteiger partial charge in [-0.15, -0.1) is 0 Å². The first-order chi connectivity index (χ1) is 9.04. The summed E-state index contributed by atoms with van der Waals surface area (Å²) in [6, 6.07) is 6.84. The fourth-order valence-electron chi connectivity index (χ4n) is 1.88. The van der Waals surface area contributed by atoms with Crippen molar-refractivity contribution in [2.24, 2.45) is 0 Å². The molecule has 106 valence electrons. The molecule has 0 aromatic heterocycles. The Balaban J connectivity index is 2.66. The van der Waals surface area contributed by atoms with Gasteiger partial charge in [-0.3, -0.25) is 0 Å². The smallest absolute Gasteiger partial charge is 0.122 e. The molecule has 1 aromatic carbocycles. The van der Waals surface area contributed by atoms with Crippen molar-refractivity contribution in [3.05, 3.63) is 41.0 Å². The molecule has 1 aromatic rings. The van der Waals surface area contributed by atoms with Gasteiger partial charge in [0.1, 0.15) is 12.4 Å². The molecule has 0 bridgehead atoms. The van der Waals surface area contributed by atoms with Crippen LogP contribution in [0, 0.1) is 6.92 Å². The molecule has 0 amide bonds. The second kappa shape index (κ2) is 8.00. The molecule has 0 aliphatic carbocycles. The van der Waals surface area contributed by atoms with E-state index in [1.165, 1.54) is 16.7 Å². The van der Waals surface area contributed by atoms with Gasteiger partial charge in [-0.05, 0) is 63.9 Å². The van der Waals surface area contributed by atoms with E-state index >= 15 is 0 Å². The average Bonchev–Trinajstić information content (AvgIpc) is 2.37. The summed E-state index contributed by atoms with van der Waals surface area (Å²) in [5.41, 5.74) is 3.80. The number of rotatable bonds is 7. The number of nitrogens with one attached hydrogen (secondary N) is 1. The van der Waals surface area contributed by atoms with Gasteiger partial charge < -0.3 is 10.1 Å². The summed E-state index contributed by atoms with van der Waals surface area (Å²) in [4.78, 5) is 0. The van der Waals surface area contributed by atoms with E-state index in [-0.39, 0.29) is 0 Å². The Morgan fingerprint density at radius 2 is 2.11 bits per heavy atom. The Kier molecular flexibility index (Phi) is 6.65.